The van der Waals surface area contributed by atoms with Gasteiger partial charge in [-0.2, -0.15) is 0 Å². The molecule has 0 radical (unpaired) electrons. The normalized spacial score (nSPS) is 16.3. The highest BCUT2D eigenvalue weighted by Crippen LogP contribution is 2.16. The number of hydrogen-bond acceptors (Lipinski definition) is 5. The van der Waals surface area contributed by atoms with Gasteiger partial charge in [-0.3, -0.25) is 4.99 Å². The fourth-order valence-corrected chi connectivity index (χ4v) is 2.42. The average molecular weight is 357 g/mol. The Hall–Kier alpha value is -2.40. The summed E-state index contributed by atoms with van der Waals surface area (Å²) in [5.41, 5.74) is 3.10. The second kappa shape index (κ2) is 12.9. The van der Waals surface area contributed by atoms with Crippen molar-refractivity contribution >= 4 is 12.4 Å². The lowest BCUT2D eigenvalue weighted by atomic mass is 10.1. The van der Waals surface area contributed by atoms with E-state index in [-0.39, 0.29) is 0 Å². The van der Waals surface area contributed by atoms with Crippen molar-refractivity contribution in [1.29, 1.82) is 5.41 Å². The van der Waals surface area contributed by atoms with Crippen molar-refractivity contribution in [1.82, 2.24) is 10.2 Å². The van der Waals surface area contributed by atoms with Crippen LogP contribution in [0.4, 0.5) is 0 Å². The lowest BCUT2D eigenvalue weighted by Gasteiger charge is -2.29. The second-order valence-corrected chi connectivity index (χ2v) is 5.90. The van der Waals surface area contributed by atoms with Crippen molar-refractivity contribution in [2.24, 2.45) is 4.99 Å². The Morgan fingerprint density at radius 3 is 2.65 bits per heavy atom. The van der Waals surface area contributed by atoms with Crippen LogP contribution < -0.4 is 5.32 Å². The van der Waals surface area contributed by atoms with Crippen molar-refractivity contribution in [3.05, 3.63) is 60.1 Å². The number of morpholine rings is 1. The molecule has 0 atom stereocenters. The van der Waals surface area contributed by atoms with Crippen LogP contribution in [0, 0.1) is 5.41 Å². The minimum Gasteiger partial charge on any atom is -0.391 e. The van der Waals surface area contributed by atoms with Crippen LogP contribution in [-0.2, 0) is 4.74 Å². The maximum absolute atomic E-state index is 8.13. The third-order valence-corrected chi connectivity index (χ3v) is 3.97. The van der Waals surface area contributed by atoms with Gasteiger partial charge in [-0.1, -0.05) is 31.7 Å². The average Bonchev–Trinajstić information content (AvgIpc) is 2.67. The van der Waals surface area contributed by atoms with Crippen molar-refractivity contribution in [3.8, 4) is 0 Å². The first-order valence-corrected chi connectivity index (χ1v) is 9.13. The second-order valence-electron chi connectivity index (χ2n) is 5.90. The Kier molecular flexibility index (Phi) is 10.7. The quantitative estimate of drug-likeness (QED) is 0.336. The predicted molar refractivity (Wildman–Crippen MR) is 112 cm³/mol. The molecule has 0 aromatic rings. The van der Waals surface area contributed by atoms with Gasteiger partial charge in [0, 0.05) is 37.5 Å². The van der Waals surface area contributed by atoms with Crippen LogP contribution in [-0.4, -0.2) is 50.2 Å². The van der Waals surface area contributed by atoms with Gasteiger partial charge in [0.15, 0.2) is 0 Å². The zero-order valence-electron chi connectivity index (χ0n) is 16.1. The molecule has 0 saturated carbocycles. The smallest absolute Gasteiger partial charge is 0.0709 e. The van der Waals surface area contributed by atoms with E-state index in [1.807, 2.05) is 31.4 Å². The Morgan fingerprint density at radius 1 is 1.31 bits per heavy atom. The first-order chi connectivity index (χ1) is 12.6. The number of ether oxygens (including phenoxy) is 1. The molecular weight excluding hydrogens is 324 g/mol. The fourth-order valence-electron chi connectivity index (χ4n) is 2.42. The molecule has 0 aliphatic carbocycles. The SMILES string of the molecule is C=NC(=C\C(=N)CCN/C=C/CC)/C(/C=C\C(=C)N1CCOCC1)=C/C. The van der Waals surface area contributed by atoms with Crippen LogP contribution >= 0.6 is 0 Å². The molecule has 0 bridgehead atoms. The molecular formula is C21H32N4O. The Balaban J connectivity index is 2.64. The summed E-state index contributed by atoms with van der Waals surface area (Å²) in [6.45, 7) is 15.8. The third-order valence-electron chi connectivity index (χ3n) is 3.97. The molecule has 26 heavy (non-hydrogen) atoms. The molecule has 1 aliphatic heterocycles. The molecule has 0 aromatic heterocycles. The molecule has 0 aromatic carbocycles. The van der Waals surface area contributed by atoms with Crippen molar-refractivity contribution < 1.29 is 4.74 Å². The molecule has 1 rings (SSSR count). The van der Waals surface area contributed by atoms with Gasteiger partial charge >= 0.3 is 0 Å². The molecule has 0 spiro atoms. The molecule has 142 valence electrons. The minimum atomic E-state index is 0.518. The number of nitrogens with one attached hydrogen (secondary N) is 2. The molecule has 1 fully saturated rings. The summed E-state index contributed by atoms with van der Waals surface area (Å²) in [6.07, 6.45) is 13.3. The molecule has 1 heterocycles. The van der Waals surface area contributed by atoms with Crippen molar-refractivity contribution in [2.75, 3.05) is 32.8 Å². The summed E-state index contributed by atoms with van der Waals surface area (Å²) in [5, 5.41) is 11.3. The molecule has 5 heteroatoms. The van der Waals surface area contributed by atoms with Gasteiger partial charge in [0.2, 0.25) is 0 Å². The summed E-state index contributed by atoms with van der Waals surface area (Å²) < 4.78 is 5.37. The van der Waals surface area contributed by atoms with E-state index in [1.54, 1.807) is 6.08 Å². The zero-order chi connectivity index (χ0) is 19.2. The summed E-state index contributed by atoms with van der Waals surface area (Å²) >= 11 is 0. The van der Waals surface area contributed by atoms with Gasteiger partial charge < -0.3 is 20.4 Å². The molecule has 2 N–H and O–H groups in total. The van der Waals surface area contributed by atoms with Gasteiger partial charge in [-0.05, 0) is 44.0 Å². The van der Waals surface area contributed by atoms with E-state index in [0.717, 1.165) is 50.5 Å². The summed E-state index contributed by atoms with van der Waals surface area (Å²) in [5.74, 6) is 0. The minimum absolute atomic E-state index is 0.518. The van der Waals surface area contributed by atoms with Crippen LogP contribution in [0.3, 0.4) is 0 Å². The molecule has 0 amide bonds. The number of allylic oxidation sites excluding steroid dienone is 5. The van der Waals surface area contributed by atoms with Crippen LogP contribution in [0.25, 0.3) is 0 Å². The Morgan fingerprint density at radius 2 is 2.04 bits per heavy atom. The summed E-state index contributed by atoms with van der Waals surface area (Å²) in [4.78, 5) is 6.30. The van der Waals surface area contributed by atoms with E-state index in [4.69, 9.17) is 10.1 Å². The largest absolute Gasteiger partial charge is 0.391 e. The zero-order valence-corrected chi connectivity index (χ0v) is 16.1. The van der Waals surface area contributed by atoms with E-state index in [9.17, 15) is 0 Å². The summed E-state index contributed by atoms with van der Waals surface area (Å²) in [6, 6.07) is 0. The van der Waals surface area contributed by atoms with Gasteiger partial charge in [0.25, 0.3) is 0 Å². The lowest BCUT2D eigenvalue weighted by Crippen LogP contribution is -2.34. The Labute approximate surface area is 158 Å². The van der Waals surface area contributed by atoms with Gasteiger partial charge in [0.05, 0.1) is 18.9 Å². The van der Waals surface area contributed by atoms with Crippen LogP contribution in [0.1, 0.15) is 26.7 Å². The maximum atomic E-state index is 8.13. The Bertz CT molecular complexity index is 593. The van der Waals surface area contributed by atoms with Crippen molar-refractivity contribution in [3.63, 3.8) is 0 Å². The molecule has 0 unspecified atom stereocenters. The van der Waals surface area contributed by atoms with E-state index in [2.05, 4.69) is 41.5 Å². The monoisotopic (exact) mass is 356 g/mol. The van der Waals surface area contributed by atoms with Gasteiger partial charge in [-0.25, -0.2) is 0 Å². The maximum Gasteiger partial charge on any atom is 0.0709 e. The van der Waals surface area contributed by atoms with Crippen LogP contribution in [0.5, 0.6) is 0 Å². The van der Waals surface area contributed by atoms with Gasteiger partial charge in [-0.15, -0.1) is 0 Å². The number of rotatable bonds is 11. The van der Waals surface area contributed by atoms with Crippen LogP contribution in [0.15, 0.2) is 65.1 Å². The van der Waals surface area contributed by atoms with Crippen molar-refractivity contribution in [2.45, 2.75) is 26.7 Å². The predicted octanol–water partition coefficient (Wildman–Crippen LogP) is 3.84. The number of nitrogens with zero attached hydrogens (tertiary/aromatic N) is 2. The highest BCUT2D eigenvalue weighted by molar-refractivity contribution is 5.93. The van der Waals surface area contributed by atoms with Crippen LogP contribution in [0.2, 0.25) is 0 Å². The molecule has 1 aliphatic rings. The molecule has 5 nitrogen and oxygen atoms in total. The first kappa shape index (κ1) is 21.6. The third kappa shape index (κ3) is 8.12. The highest BCUT2D eigenvalue weighted by Gasteiger charge is 2.10. The number of aliphatic imine (C=N–C) groups is 1. The van der Waals surface area contributed by atoms with Gasteiger partial charge in [0.1, 0.15) is 0 Å². The molecule has 1 saturated heterocycles. The lowest BCUT2D eigenvalue weighted by molar-refractivity contribution is 0.0556. The first-order valence-electron chi connectivity index (χ1n) is 9.13. The van der Waals surface area contributed by atoms with E-state index >= 15 is 0 Å². The van der Waals surface area contributed by atoms with E-state index in [1.165, 1.54) is 0 Å². The fraction of sp³-hybridized carbons (Fsp3) is 0.429. The van der Waals surface area contributed by atoms with E-state index < -0.39 is 0 Å². The standard InChI is InChI=1S/C21H32N4O/c1-5-7-11-24-12-10-20(22)17-21(23-4)19(6-2)9-8-18(3)25-13-15-26-16-14-25/h6-9,11,17,22,24H,3-5,10,12-16H2,1-2H3/b9-8-,11-7+,19-6+,21-17-,22-20?. The topological polar surface area (TPSA) is 60.7 Å². The van der Waals surface area contributed by atoms with E-state index in [0.29, 0.717) is 17.8 Å². The summed E-state index contributed by atoms with van der Waals surface area (Å²) in [7, 11) is 0. The highest BCUT2D eigenvalue weighted by atomic mass is 16.5. The number of hydrogen-bond donors (Lipinski definition) is 2.